The van der Waals surface area contributed by atoms with Crippen molar-refractivity contribution in [2.24, 2.45) is 0 Å². The number of rotatable bonds is 12. The van der Waals surface area contributed by atoms with Crippen LogP contribution >= 0.6 is 0 Å². The quantitative estimate of drug-likeness (QED) is 0.0730. The Labute approximate surface area is 285 Å². The maximum absolute atomic E-state index is 10.2. The van der Waals surface area contributed by atoms with Crippen molar-refractivity contribution in [1.82, 2.24) is 0 Å². The Morgan fingerprint density at radius 2 is 0.571 bits per heavy atom. The summed E-state index contributed by atoms with van der Waals surface area (Å²) in [6.45, 7) is 0. The second kappa shape index (κ2) is 14.8. The molecule has 49 heavy (non-hydrogen) atoms. The lowest BCUT2D eigenvalue weighted by atomic mass is 10.0. The Morgan fingerprint density at radius 1 is 0.306 bits per heavy atom. The molecule has 6 rings (SSSR count). The number of hydrogen-bond donors (Lipinski definition) is 6. The molecule has 7 heteroatoms. The van der Waals surface area contributed by atoms with Crippen LogP contribution in [0.15, 0.2) is 127 Å². The summed E-state index contributed by atoms with van der Waals surface area (Å²) >= 11 is 0. The molecule has 0 heterocycles. The highest BCUT2D eigenvalue weighted by Gasteiger charge is 2.15. The third-order valence-electron chi connectivity index (χ3n) is 8.93. The molecule has 0 bridgehead atoms. The largest absolute Gasteiger partial charge is 0.504 e. The van der Waals surface area contributed by atoms with Crippen LogP contribution in [0.4, 0.5) is 17.1 Å². The minimum atomic E-state index is -0.115. The fourth-order valence-electron chi connectivity index (χ4n) is 6.06. The Morgan fingerprint density at radius 3 is 0.837 bits per heavy atom. The Kier molecular flexibility index (Phi) is 9.91. The molecule has 248 valence electrons. The van der Waals surface area contributed by atoms with Gasteiger partial charge in [0.25, 0.3) is 0 Å². The second-order valence-electron chi connectivity index (χ2n) is 12.2. The molecule has 6 aromatic carbocycles. The Bertz CT molecular complexity index is 1790. The van der Waals surface area contributed by atoms with Crippen LogP contribution in [0.25, 0.3) is 0 Å². The lowest BCUT2D eigenvalue weighted by molar-refractivity contribution is 0.399. The first kappa shape index (κ1) is 32.8. The topological polar surface area (TPSA) is 125 Å². The van der Waals surface area contributed by atoms with Crippen LogP contribution in [-0.2, 0) is 38.5 Å². The molecule has 0 aliphatic rings. The van der Waals surface area contributed by atoms with Gasteiger partial charge in [-0.15, -0.1) is 0 Å². The summed E-state index contributed by atoms with van der Waals surface area (Å²) in [6.07, 6.45) is 3.87. The molecule has 0 radical (unpaired) electrons. The van der Waals surface area contributed by atoms with Gasteiger partial charge in [0, 0.05) is 17.1 Å². The van der Waals surface area contributed by atoms with Gasteiger partial charge >= 0.3 is 0 Å². The molecular formula is C42H39NO6. The predicted octanol–water partition coefficient (Wildman–Crippen LogP) is 8.75. The summed E-state index contributed by atoms with van der Waals surface area (Å²) in [7, 11) is 0. The van der Waals surface area contributed by atoms with Gasteiger partial charge in [-0.3, -0.25) is 0 Å². The third kappa shape index (κ3) is 7.74. The van der Waals surface area contributed by atoms with Crippen molar-refractivity contribution in [3.8, 4) is 34.5 Å². The normalized spacial score (nSPS) is 11.0. The molecule has 0 saturated heterocycles. The highest BCUT2D eigenvalue weighted by Crippen LogP contribution is 2.36. The maximum Gasteiger partial charge on any atom is 0.160 e. The van der Waals surface area contributed by atoms with Gasteiger partial charge in [-0.1, -0.05) is 72.8 Å². The van der Waals surface area contributed by atoms with Gasteiger partial charge in [-0.25, -0.2) is 0 Å². The number of anilines is 3. The first-order valence-electron chi connectivity index (χ1n) is 16.3. The molecule has 0 unspecified atom stereocenters. The average Bonchev–Trinajstić information content (AvgIpc) is 3.12. The summed E-state index contributed by atoms with van der Waals surface area (Å²) in [5.41, 5.74) is 8.31. The van der Waals surface area contributed by atoms with Gasteiger partial charge in [0.15, 0.2) is 34.5 Å². The fourth-order valence-corrected chi connectivity index (χ4v) is 6.06. The predicted molar refractivity (Wildman–Crippen MR) is 193 cm³/mol. The molecule has 6 N–H and O–H groups in total. The van der Waals surface area contributed by atoms with Crippen LogP contribution in [-0.4, -0.2) is 30.6 Å². The summed E-state index contributed by atoms with van der Waals surface area (Å²) in [5.74, 6) is -0.569. The van der Waals surface area contributed by atoms with Crippen LogP contribution < -0.4 is 4.90 Å². The van der Waals surface area contributed by atoms with E-state index in [2.05, 4.69) is 77.7 Å². The van der Waals surface area contributed by atoms with Crippen LogP contribution in [0.1, 0.15) is 33.4 Å². The first-order chi connectivity index (χ1) is 23.8. The molecular weight excluding hydrogens is 614 g/mol. The second-order valence-corrected chi connectivity index (χ2v) is 12.2. The lowest BCUT2D eigenvalue weighted by Gasteiger charge is -2.26. The molecule has 0 saturated carbocycles. The number of phenolic OH excluding ortho intramolecular Hbond substituents is 6. The standard InChI is InChI=1S/C42H39NO6/c44-37-7-1-4-31(40(37)47)19-10-28-13-22-34(23-14-28)43(35-24-15-29(16-25-35)11-20-32-5-2-8-38(45)41(32)48)36-26-17-30(18-27-36)12-21-33-6-3-9-39(46)42(33)49/h1-9,13-18,22-27,44-49H,10-12,19-21H2. The highest BCUT2D eigenvalue weighted by molar-refractivity contribution is 5.76. The zero-order valence-corrected chi connectivity index (χ0v) is 27.0. The number of aromatic hydroxyl groups is 6. The van der Waals surface area contributed by atoms with E-state index < -0.39 is 0 Å². The summed E-state index contributed by atoms with van der Waals surface area (Å²) in [4.78, 5) is 2.18. The number of benzene rings is 6. The Balaban J connectivity index is 1.22. The highest BCUT2D eigenvalue weighted by atomic mass is 16.3. The van der Waals surface area contributed by atoms with Crippen LogP contribution in [0, 0.1) is 0 Å². The molecule has 7 nitrogen and oxygen atoms in total. The van der Waals surface area contributed by atoms with Crippen molar-refractivity contribution in [3.05, 3.63) is 161 Å². The van der Waals surface area contributed by atoms with E-state index in [9.17, 15) is 30.6 Å². The molecule has 6 aromatic rings. The minimum Gasteiger partial charge on any atom is -0.504 e. The van der Waals surface area contributed by atoms with E-state index in [-0.39, 0.29) is 34.5 Å². The van der Waals surface area contributed by atoms with Gasteiger partial charge in [0.05, 0.1) is 0 Å². The fraction of sp³-hybridized carbons (Fsp3) is 0.143. The van der Waals surface area contributed by atoms with E-state index in [4.69, 9.17) is 0 Å². The lowest BCUT2D eigenvalue weighted by Crippen LogP contribution is -2.10. The molecule has 0 atom stereocenters. The number of para-hydroxylation sites is 3. The summed E-state index contributed by atoms with van der Waals surface area (Å²) in [6, 6.07) is 40.0. The summed E-state index contributed by atoms with van der Waals surface area (Å²) in [5, 5.41) is 60.2. The number of phenols is 6. The van der Waals surface area contributed by atoms with Crippen LogP contribution in [0.5, 0.6) is 34.5 Å². The van der Waals surface area contributed by atoms with Crippen LogP contribution in [0.2, 0.25) is 0 Å². The van der Waals surface area contributed by atoms with Crippen molar-refractivity contribution >= 4 is 17.1 Å². The van der Waals surface area contributed by atoms with Gasteiger partial charge in [0.2, 0.25) is 0 Å². The molecule has 0 aromatic heterocycles. The van der Waals surface area contributed by atoms with Gasteiger partial charge in [-0.05, 0) is 127 Å². The molecule has 0 aliphatic carbocycles. The van der Waals surface area contributed by atoms with Crippen molar-refractivity contribution in [2.45, 2.75) is 38.5 Å². The van der Waals surface area contributed by atoms with E-state index in [1.165, 1.54) is 18.2 Å². The zero-order chi connectivity index (χ0) is 34.3. The van der Waals surface area contributed by atoms with E-state index in [0.29, 0.717) is 55.2 Å². The number of aryl methyl sites for hydroxylation is 6. The van der Waals surface area contributed by atoms with Gasteiger partial charge < -0.3 is 35.5 Å². The molecule has 0 amide bonds. The van der Waals surface area contributed by atoms with E-state index >= 15 is 0 Å². The van der Waals surface area contributed by atoms with Crippen molar-refractivity contribution in [3.63, 3.8) is 0 Å². The van der Waals surface area contributed by atoms with E-state index in [1.807, 2.05) is 18.2 Å². The van der Waals surface area contributed by atoms with Crippen molar-refractivity contribution < 1.29 is 30.6 Å². The number of hydrogen-bond acceptors (Lipinski definition) is 7. The maximum atomic E-state index is 10.2. The Hall–Kier alpha value is -6.08. The summed E-state index contributed by atoms with van der Waals surface area (Å²) < 4.78 is 0. The van der Waals surface area contributed by atoms with Gasteiger partial charge in [0.1, 0.15) is 0 Å². The average molecular weight is 654 g/mol. The van der Waals surface area contributed by atoms with Crippen molar-refractivity contribution in [2.75, 3.05) is 4.90 Å². The minimum absolute atomic E-state index is 0.0744. The molecule has 0 aliphatic heterocycles. The van der Waals surface area contributed by atoms with Gasteiger partial charge in [-0.2, -0.15) is 0 Å². The SMILES string of the molecule is Oc1cccc(CCc2ccc(N(c3ccc(CCc4cccc(O)c4O)cc3)c3ccc(CCc4cccc(O)c4O)cc3)cc2)c1O. The van der Waals surface area contributed by atoms with E-state index in [1.54, 1.807) is 18.2 Å². The smallest absolute Gasteiger partial charge is 0.160 e. The zero-order valence-electron chi connectivity index (χ0n) is 27.0. The molecule has 0 fully saturated rings. The van der Waals surface area contributed by atoms with Crippen LogP contribution in [0.3, 0.4) is 0 Å². The molecule has 0 spiro atoms. The monoisotopic (exact) mass is 653 g/mol. The number of nitrogens with zero attached hydrogens (tertiary/aromatic N) is 1. The van der Waals surface area contributed by atoms with Crippen molar-refractivity contribution in [1.29, 1.82) is 0 Å². The third-order valence-corrected chi connectivity index (χ3v) is 8.93. The van der Waals surface area contributed by atoms with E-state index in [0.717, 1.165) is 33.8 Å². The first-order valence-corrected chi connectivity index (χ1v) is 16.3.